The van der Waals surface area contributed by atoms with Gasteiger partial charge in [-0.2, -0.15) is 0 Å². The van der Waals surface area contributed by atoms with Gasteiger partial charge in [-0.1, -0.05) is 17.4 Å². The molecule has 7 heteroatoms. The predicted octanol–water partition coefficient (Wildman–Crippen LogP) is 1.09. The van der Waals surface area contributed by atoms with Gasteiger partial charge in [0.15, 0.2) is 15.8 Å². The highest BCUT2D eigenvalue weighted by atomic mass is 32.1. The second kappa shape index (κ2) is 4.03. The van der Waals surface area contributed by atoms with Crippen molar-refractivity contribution in [3.05, 3.63) is 11.0 Å². The molecule has 0 bridgehead atoms. The number of nitrogens with zero attached hydrogens (tertiary/aromatic N) is 4. The van der Waals surface area contributed by atoms with Crippen molar-refractivity contribution in [2.45, 2.75) is 13.0 Å². The van der Waals surface area contributed by atoms with Gasteiger partial charge in [-0.05, 0) is 6.92 Å². The Balaban J connectivity index is 2.54. The zero-order valence-electron chi connectivity index (χ0n) is 8.47. The van der Waals surface area contributed by atoms with Gasteiger partial charge in [0.05, 0.1) is 19.0 Å². The van der Waals surface area contributed by atoms with Crippen LogP contribution in [0.5, 0.6) is 0 Å². The Kier molecular flexibility index (Phi) is 2.74. The van der Waals surface area contributed by atoms with Gasteiger partial charge >= 0.3 is 0 Å². The normalized spacial score (nSPS) is 13.2. The molecule has 0 aliphatic rings. The summed E-state index contributed by atoms with van der Waals surface area (Å²) in [6.07, 6.45) is 1.55. The third-order valence-corrected chi connectivity index (χ3v) is 2.40. The maximum atomic E-state index is 5.06. The lowest BCUT2D eigenvalue weighted by Crippen LogP contribution is -2.13. The fraction of sp³-hybridized carbons (Fsp3) is 0.500. The van der Waals surface area contributed by atoms with E-state index < -0.39 is 0 Å². The number of H-pyrrole nitrogens is 1. The summed E-state index contributed by atoms with van der Waals surface area (Å²) in [5.74, 6) is 0. The van der Waals surface area contributed by atoms with Gasteiger partial charge in [-0.25, -0.2) is 9.67 Å². The van der Waals surface area contributed by atoms with Gasteiger partial charge < -0.3 is 9.72 Å². The van der Waals surface area contributed by atoms with Crippen molar-refractivity contribution >= 4 is 23.4 Å². The van der Waals surface area contributed by atoms with E-state index in [2.05, 4.69) is 20.3 Å². The van der Waals surface area contributed by atoms with Crippen LogP contribution in [0.25, 0.3) is 11.2 Å². The number of hydrogen-bond donors (Lipinski definition) is 1. The van der Waals surface area contributed by atoms with E-state index in [9.17, 15) is 0 Å². The van der Waals surface area contributed by atoms with E-state index in [-0.39, 0.29) is 6.04 Å². The van der Waals surface area contributed by atoms with Crippen LogP contribution >= 0.6 is 12.2 Å². The Bertz CT molecular complexity index is 519. The second-order valence-electron chi connectivity index (χ2n) is 3.24. The molecule has 1 atom stereocenters. The fourth-order valence-corrected chi connectivity index (χ4v) is 1.60. The highest BCUT2D eigenvalue weighted by Gasteiger charge is 2.12. The number of methoxy groups -OCH3 is 1. The van der Waals surface area contributed by atoms with E-state index in [0.29, 0.717) is 16.8 Å². The van der Waals surface area contributed by atoms with Gasteiger partial charge in [0, 0.05) is 7.11 Å². The number of ether oxygens (including phenoxy) is 1. The number of hydrogen-bond acceptors (Lipinski definition) is 5. The molecule has 2 aromatic heterocycles. The molecule has 1 unspecified atom stereocenters. The van der Waals surface area contributed by atoms with Crippen LogP contribution in [0, 0.1) is 4.64 Å². The first-order valence-electron chi connectivity index (χ1n) is 4.51. The number of aromatic amines is 1. The van der Waals surface area contributed by atoms with Gasteiger partial charge in [0.1, 0.15) is 0 Å². The highest BCUT2D eigenvalue weighted by molar-refractivity contribution is 7.71. The van der Waals surface area contributed by atoms with Crippen LogP contribution in [0.4, 0.5) is 0 Å². The Morgan fingerprint density at radius 3 is 3.20 bits per heavy atom. The summed E-state index contributed by atoms with van der Waals surface area (Å²) < 4.78 is 7.27. The van der Waals surface area contributed by atoms with E-state index in [4.69, 9.17) is 17.0 Å². The largest absolute Gasteiger partial charge is 0.382 e. The van der Waals surface area contributed by atoms with Crippen molar-refractivity contribution in [3.63, 3.8) is 0 Å². The maximum Gasteiger partial charge on any atom is 0.166 e. The first-order valence-corrected chi connectivity index (χ1v) is 4.92. The molecule has 6 nitrogen and oxygen atoms in total. The zero-order chi connectivity index (χ0) is 10.8. The highest BCUT2D eigenvalue weighted by Crippen LogP contribution is 2.12. The molecule has 0 saturated heterocycles. The van der Waals surface area contributed by atoms with Crippen molar-refractivity contribution in [2.24, 2.45) is 0 Å². The first kappa shape index (κ1) is 10.2. The molecule has 2 rings (SSSR count). The average molecular weight is 225 g/mol. The quantitative estimate of drug-likeness (QED) is 0.792. The molecule has 0 radical (unpaired) electrons. The molecule has 0 spiro atoms. The first-order chi connectivity index (χ1) is 7.24. The molecule has 1 N–H and O–H groups in total. The summed E-state index contributed by atoms with van der Waals surface area (Å²) >= 11 is 5.04. The summed E-state index contributed by atoms with van der Waals surface area (Å²) in [7, 11) is 1.65. The fourth-order valence-electron chi connectivity index (χ4n) is 1.41. The molecule has 0 saturated carbocycles. The molecule has 2 heterocycles. The lowest BCUT2D eigenvalue weighted by molar-refractivity contribution is 0.157. The average Bonchev–Trinajstić information content (AvgIpc) is 2.63. The molecule has 0 amide bonds. The van der Waals surface area contributed by atoms with Crippen LogP contribution < -0.4 is 0 Å². The molecule has 0 aliphatic carbocycles. The molecule has 15 heavy (non-hydrogen) atoms. The molecule has 80 valence electrons. The van der Waals surface area contributed by atoms with Crippen LogP contribution in [0.15, 0.2) is 6.33 Å². The monoisotopic (exact) mass is 225 g/mol. The minimum absolute atomic E-state index is 0.105. The molecular formula is C8H11N5OS. The molecule has 0 fully saturated rings. The number of fused-ring (bicyclic) bond motifs is 1. The van der Waals surface area contributed by atoms with Crippen molar-refractivity contribution in [3.8, 4) is 0 Å². The third kappa shape index (κ3) is 1.75. The topological polar surface area (TPSA) is 68.6 Å². The number of aromatic nitrogens is 5. The van der Waals surface area contributed by atoms with E-state index in [1.165, 1.54) is 0 Å². The maximum absolute atomic E-state index is 5.06. The molecule has 0 aliphatic heterocycles. The second-order valence-corrected chi connectivity index (χ2v) is 3.63. The minimum atomic E-state index is 0.105. The van der Waals surface area contributed by atoms with E-state index in [0.717, 1.165) is 5.65 Å². The predicted molar refractivity (Wildman–Crippen MR) is 57.1 cm³/mol. The third-order valence-electron chi connectivity index (χ3n) is 2.11. The SMILES string of the molecule is COCC(C)n1nnc2c(=S)nc[nH]c21. The lowest BCUT2D eigenvalue weighted by Gasteiger charge is -2.10. The van der Waals surface area contributed by atoms with Crippen molar-refractivity contribution in [1.29, 1.82) is 0 Å². The van der Waals surface area contributed by atoms with E-state index >= 15 is 0 Å². The van der Waals surface area contributed by atoms with Crippen LogP contribution in [0.1, 0.15) is 13.0 Å². The van der Waals surface area contributed by atoms with Gasteiger partial charge in [-0.3, -0.25) is 0 Å². The Hall–Kier alpha value is -1.34. The van der Waals surface area contributed by atoms with E-state index in [1.807, 2.05) is 6.92 Å². The number of nitrogens with one attached hydrogen (secondary N) is 1. The summed E-state index contributed by atoms with van der Waals surface area (Å²) in [6.45, 7) is 2.57. The Labute approximate surface area is 91.3 Å². The molecule has 0 aromatic carbocycles. The van der Waals surface area contributed by atoms with Crippen LogP contribution in [-0.2, 0) is 4.74 Å². The zero-order valence-corrected chi connectivity index (χ0v) is 9.28. The summed E-state index contributed by atoms with van der Waals surface area (Å²) in [4.78, 5) is 6.92. The van der Waals surface area contributed by atoms with E-state index in [1.54, 1.807) is 18.1 Å². The molecular weight excluding hydrogens is 214 g/mol. The van der Waals surface area contributed by atoms with Crippen LogP contribution in [-0.4, -0.2) is 38.7 Å². The van der Waals surface area contributed by atoms with Crippen LogP contribution in [0.3, 0.4) is 0 Å². The minimum Gasteiger partial charge on any atom is -0.382 e. The lowest BCUT2D eigenvalue weighted by atomic mass is 10.4. The van der Waals surface area contributed by atoms with Crippen molar-refractivity contribution < 1.29 is 4.74 Å². The van der Waals surface area contributed by atoms with Gasteiger partial charge in [0.2, 0.25) is 0 Å². The summed E-state index contributed by atoms with van der Waals surface area (Å²) in [5, 5.41) is 8.00. The standard InChI is InChI=1S/C8H11N5OS/c1-5(3-14-2)13-7-6(11-12-13)8(15)10-4-9-7/h4-5H,3H2,1-2H3,(H,9,10,15). The summed E-state index contributed by atoms with van der Waals surface area (Å²) in [5.41, 5.74) is 1.40. The Morgan fingerprint density at radius 2 is 2.47 bits per heavy atom. The van der Waals surface area contributed by atoms with Crippen LogP contribution in [0.2, 0.25) is 0 Å². The summed E-state index contributed by atoms with van der Waals surface area (Å²) in [6, 6.07) is 0.105. The Morgan fingerprint density at radius 1 is 1.67 bits per heavy atom. The molecule has 2 aromatic rings. The van der Waals surface area contributed by atoms with Crippen molar-refractivity contribution in [1.82, 2.24) is 25.0 Å². The van der Waals surface area contributed by atoms with Crippen molar-refractivity contribution in [2.75, 3.05) is 13.7 Å². The number of rotatable bonds is 3. The van der Waals surface area contributed by atoms with Gasteiger partial charge in [-0.15, -0.1) is 5.10 Å². The van der Waals surface area contributed by atoms with Gasteiger partial charge in [0.25, 0.3) is 0 Å². The smallest absolute Gasteiger partial charge is 0.166 e.